The normalized spacial score (nSPS) is 39.5. The Bertz CT molecular complexity index is 145. The van der Waals surface area contributed by atoms with Gasteiger partial charge in [-0.1, -0.05) is 41.5 Å². The Balaban J connectivity index is 2.80. The van der Waals surface area contributed by atoms with Gasteiger partial charge in [0.15, 0.2) is 0 Å². The third kappa shape index (κ3) is 1.53. The van der Waals surface area contributed by atoms with Crippen LogP contribution in [0.2, 0.25) is 0 Å². The van der Waals surface area contributed by atoms with Crippen LogP contribution < -0.4 is 0 Å². The van der Waals surface area contributed by atoms with E-state index >= 15 is 0 Å². The van der Waals surface area contributed by atoms with Gasteiger partial charge in [0, 0.05) is 0 Å². The highest BCUT2D eigenvalue weighted by atomic mass is 14.5. The van der Waals surface area contributed by atoms with E-state index in [4.69, 9.17) is 0 Å². The number of rotatable bonds is 0. The van der Waals surface area contributed by atoms with E-state index in [1.165, 1.54) is 12.8 Å². The summed E-state index contributed by atoms with van der Waals surface area (Å²) in [6.45, 7) is 14.5. The second kappa shape index (κ2) is 2.75. The minimum absolute atomic E-state index is 0.564. The maximum absolute atomic E-state index is 2.42. The van der Waals surface area contributed by atoms with Crippen LogP contribution in [-0.4, -0.2) is 0 Å². The van der Waals surface area contributed by atoms with E-state index in [0.29, 0.717) is 10.8 Å². The van der Waals surface area contributed by atoms with E-state index in [1.807, 2.05) is 0 Å². The van der Waals surface area contributed by atoms with E-state index < -0.39 is 0 Å². The first-order valence-electron chi connectivity index (χ1n) is 5.27. The average Bonchev–Trinajstić information content (AvgIpc) is 1.96. The van der Waals surface area contributed by atoms with Crippen LogP contribution in [0.3, 0.4) is 0 Å². The van der Waals surface area contributed by atoms with Gasteiger partial charge in [0.1, 0.15) is 0 Å². The van der Waals surface area contributed by atoms with Crippen LogP contribution in [0.1, 0.15) is 54.4 Å². The molecule has 0 N–H and O–H groups in total. The zero-order valence-corrected chi connectivity index (χ0v) is 9.57. The highest BCUT2D eigenvalue weighted by molar-refractivity contribution is 4.92. The van der Waals surface area contributed by atoms with Gasteiger partial charge in [0.05, 0.1) is 0 Å². The smallest absolute Gasteiger partial charge is 0.0326 e. The van der Waals surface area contributed by atoms with E-state index in [1.54, 1.807) is 0 Å². The fraction of sp³-hybridized carbons (Fsp3) is 1.00. The molecular formula is C12H24. The van der Waals surface area contributed by atoms with Gasteiger partial charge in [-0.3, -0.25) is 0 Å². The Labute approximate surface area is 77.7 Å². The summed E-state index contributed by atoms with van der Waals surface area (Å²) in [7, 11) is 0. The number of hydrogen-bond acceptors (Lipinski definition) is 0. The van der Waals surface area contributed by atoms with Crippen LogP contribution >= 0.6 is 0 Å². The molecule has 0 heteroatoms. The molecule has 0 bridgehead atoms. The van der Waals surface area contributed by atoms with Crippen LogP contribution in [0, 0.1) is 22.7 Å². The lowest BCUT2D eigenvalue weighted by molar-refractivity contribution is 0.00181. The predicted molar refractivity (Wildman–Crippen MR) is 55.1 cm³/mol. The fourth-order valence-corrected chi connectivity index (χ4v) is 2.45. The molecule has 72 valence electrons. The lowest BCUT2D eigenvalue weighted by Gasteiger charge is -2.49. The largest absolute Gasteiger partial charge is 0.0617 e. The Morgan fingerprint density at radius 1 is 0.750 bits per heavy atom. The molecule has 1 saturated carbocycles. The van der Waals surface area contributed by atoms with Gasteiger partial charge in [-0.05, 0) is 35.5 Å². The molecule has 0 spiro atoms. The molecule has 0 nitrogen and oxygen atoms in total. The maximum atomic E-state index is 2.42. The highest BCUT2D eigenvalue weighted by Crippen LogP contribution is 2.51. The Morgan fingerprint density at radius 2 is 1.00 bits per heavy atom. The van der Waals surface area contributed by atoms with Crippen LogP contribution in [0.4, 0.5) is 0 Å². The lowest BCUT2D eigenvalue weighted by Crippen LogP contribution is -2.41. The van der Waals surface area contributed by atoms with Gasteiger partial charge < -0.3 is 0 Å². The predicted octanol–water partition coefficient (Wildman–Crippen LogP) is 4.10. The van der Waals surface area contributed by atoms with Crippen molar-refractivity contribution in [1.82, 2.24) is 0 Å². The van der Waals surface area contributed by atoms with E-state index in [2.05, 4.69) is 41.5 Å². The summed E-state index contributed by atoms with van der Waals surface area (Å²) in [5, 5.41) is 0. The third-order valence-electron chi connectivity index (χ3n) is 4.63. The zero-order valence-electron chi connectivity index (χ0n) is 9.57. The second-order valence-corrected chi connectivity index (χ2v) is 6.05. The topological polar surface area (TPSA) is 0 Å². The summed E-state index contributed by atoms with van der Waals surface area (Å²) in [6.07, 6.45) is 2.79. The fourth-order valence-electron chi connectivity index (χ4n) is 2.45. The van der Waals surface area contributed by atoms with Gasteiger partial charge >= 0.3 is 0 Å². The van der Waals surface area contributed by atoms with Crippen molar-refractivity contribution in [3.8, 4) is 0 Å². The van der Waals surface area contributed by atoms with Gasteiger partial charge in [-0.15, -0.1) is 0 Å². The molecule has 1 aliphatic rings. The molecule has 0 saturated heterocycles. The van der Waals surface area contributed by atoms with Crippen molar-refractivity contribution in [2.24, 2.45) is 22.7 Å². The molecule has 0 heterocycles. The average molecular weight is 168 g/mol. The first-order valence-corrected chi connectivity index (χ1v) is 5.27. The SMILES string of the molecule is CC1C(C)C(C)(C)CCC1(C)C. The molecule has 0 amide bonds. The Morgan fingerprint density at radius 3 is 1.25 bits per heavy atom. The maximum Gasteiger partial charge on any atom is -0.0326 e. The van der Waals surface area contributed by atoms with Crippen molar-refractivity contribution >= 4 is 0 Å². The summed E-state index contributed by atoms with van der Waals surface area (Å²) in [4.78, 5) is 0. The van der Waals surface area contributed by atoms with Gasteiger partial charge in [-0.25, -0.2) is 0 Å². The monoisotopic (exact) mass is 168 g/mol. The van der Waals surface area contributed by atoms with Crippen LogP contribution in [0.15, 0.2) is 0 Å². The van der Waals surface area contributed by atoms with Crippen LogP contribution in [-0.2, 0) is 0 Å². The third-order valence-corrected chi connectivity index (χ3v) is 4.63. The minimum atomic E-state index is 0.564. The van der Waals surface area contributed by atoms with Crippen molar-refractivity contribution in [2.75, 3.05) is 0 Å². The van der Waals surface area contributed by atoms with Gasteiger partial charge in [-0.2, -0.15) is 0 Å². The van der Waals surface area contributed by atoms with Crippen molar-refractivity contribution in [3.05, 3.63) is 0 Å². The van der Waals surface area contributed by atoms with E-state index in [0.717, 1.165) is 11.8 Å². The van der Waals surface area contributed by atoms with Crippen molar-refractivity contribution in [2.45, 2.75) is 54.4 Å². The van der Waals surface area contributed by atoms with E-state index in [-0.39, 0.29) is 0 Å². The molecule has 0 aliphatic heterocycles. The summed E-state index contributed by atoms with van der Waals surface area (Å²) in [5.41, 5.74) is 1.13. The van der Waals surface area contributed by atoms with Gasteiger partial charge in [0.25, 0.3) is 0 Å². The summed E-state index contributed by atoms with van der Waals surface area (Å²) in [6, 6.07) is 0. The Hall–Kier alpha value is 0. The molecule has 1 aliphatic carbocycles. The summed E-state index contributed by atoms with van der Waals surface area (Å²) >= 11 is 0. The molecule has 2 atom stereocenters. The zero-order chi connectivity index (χ0) is 9.57. The quantitative estimate of drug-likeness (QED) is 0.511. The standard InChI is InChI=1S/C12H24/c1-9-10(2)12(5,6)8-7-11(9,3)4/h9-10H,7-8H2,1-6H3. The van der Waals surface area contributed by atoms with Crippen molar-refractivity contribution in [1.29, 1.82) is 0 Å². The molecule has 1 rings (SSSR count). The van der Waals surface area contributed by atoms with Gasteiger partial charge in [0.2, 0.25) is 0 Å². The summed E-state index contributed by atoms with van der Waals surface area (Å²) in [5.74, 6) is 1.72. The molecule has 0 aromatic carbocycles. The molecule has 0 radical (unpaired) electrons. The lowest BCUT2D eigenvalue weighted by atomic mass is 9.56. The first kappa shape index (κ1) is 10.1. The molecular weight excluding hydrogens is 144 g/mol. The first-order chi connectivity index (χ1) is 5.27. The Kier molecular flexibility index (Phi) is 2.31. The molecule has 0 aromatic rings. The van der Waals surface area contributed by atoms with Crippen LogP contribution in [0.5, 0.6) is 0 Å². The van der Waals surface area contributed by atoms with E-state index in [9.17, 15) is 0 Å². The molecule has 12 heavy (non-hydrogen) atoms. The second-order valence-electron chi connectivity index (χ2n) is 6.05. The minimum Gasteiger partial charge on any atom is -0.0617 e. The highest BCUT2D eigenvalue weighted by Gasteiger charge is 2.42. The summed E-state index contributed by atoms with van der Waals surface area (Å²) < 4.78 is 0. The van der Waals surface area contributed by atoms with Crippen molar-refractivity contribution in [3.63, 3.8) is 0 Å². The molecule has 0 aromatic heterocycles. The van der Waals surface area contributed by atoms with Crippen molar-refractivity contribution < 1.29 is 0 Å². The van der Waals surface area contributed by atoms with Crippen LogP contribution in [0.25, 0.3) is 0 Å². The number of hydrogen-bond donors (Lipinski definition) is 0. The molecule has 1 fully saturated rings. The molecule has 2 unspecified atom stereocenters.